The average Bonchev–Trinajstić information content (AvgIpc) is 2.92. The molecule has 2 amide bonds. The van der Waals surface area contributed by atoms with Crippen molar-refractivity contribution in [1.29, 1.82) is 0 Å². The van der Waals surface area contributed by atoms with Crippen LogP contribution in [0.25, 0.3) is 10.9 Å². The number of nitrogens with one attached hydrogen (secondary N) is 1. The van der Waals surface area contributed by atoms with E-state index in [1.807, 2.05) is 32.9 Å². The molecule has 0 bridgehead atoms. The van der Waals surface area contributed by atoms with Gasteiger partial charge in [0.2, 0.25) is 11.8 Å². The van der Waals surface area contributed by atoms with Crippen molar-refractivity contribution in [2.45, 2.75) is 45.2 Å². The molecule has 1 aromatic carbocycles. The summed E-state index contributed by atoms with van der Waals surface area (Å²) in [5.74, 6) is 0.128. The summed E-state index contributed by atoms with van der Waals surface area (Å²) < 4.78 is 0. The summed E-state index contributed by atoms with van der Waals surface area (Å²) in [5.41, 5.74) is 2.80. The minimum absolute atomic E-state index is 0.0438. The average molecular weight is 325 g/mol. The maximum absolute atomic E-state index is 13.0. The van der Waals surface area contributed by atoms with Crippen LogP contribution in [0.4, 0.5) is 0 Å². The molecule has 2 aliphatic heterocycles. The number of amides is 2. The molecule has 0 unspecified atom stereocenters. The minimum Gasteiger partial charge on any atom is -0.356 e. The van der Waals surface area contributed by atoms with Crippen LogP contribution in [0, 0.1) is 0 Å². The topological polar surface area (TPSA) is 56.4 Å². The molecule has 1 saturated heterocycles. The van der Waals surface area contributed by atoms with E-state index in [-0.39, 0.29) is 24.4 Å². The van der Waals surface area contributed by atoms with Crippen molar-refractivity contribution in [2.75, 3.05) is 13.1 Å². The van der Waals surface area contributed by atoms with Crippen LogP contribution in [0.3, 0.4) is 0 Å². The zero-order valence-electron chi connectivity index (χ0n) is 14.4. The molecule has 2 aliphatic rings. The number of para-hydroxylation sites is 1. The van der Waals surface area contributed by atoms with Crippen molar-refractivity contribution in [2.24, 2.45) is 0 Å². The molecule has 0 saturated carbocycles. The third-order valence-electron chi connectivity index (χ3n) is 5.42. The number of nitrogens with zero attached hydrogens (tertiary/aromatic N) is 2. The van der Waals surface area contributed by atoms with Gasteiger partial charge in [0.1, 0.15) is 6.04 Å². The smallest absolute Gasteiger partial charge is 0.246 e. The molecule has 4 rings (SSSR count). The van der Waals surface area contributed by atoms with Gasteiger partial charge < -0.3 is 14.8 Å². The number of fused-ring (bicyclic) bond motifs is 4. The lowest BCUT2D eigenvalue weighted by molar-refractivity contribution is -0.163. The van der Waals surface area contributed by atoms with Crippen LogP contribution in [0.1, 0.15) is 38.4 Å². The Bertz CT molecular complexity index is 836. The van der Waals surface area contributed by atoms with Crippen molar-refractivity contribution in [1.82, 2.24) is 14.8 Å². The van der Waals surface area contributed by atoms with Crippen LogP contribution < -0.4 is 0 Å². The summed E-state index contributed by atoms with van der Waals surface area (Å²) in [4.78, 5) is 32.8. The Hall–Kier alpha value is -2.30. The molecule has 1 fully saturated rings. The fourth-order valence-corrected chi connectivity index (χ4v) is 4.40. The normalized spacial score (nSPS) is 22.7. The van der Waals surface area contributed by atoms with Gasteiger partial charge in [-0.2, -0.15) is 0 Å². The maximum Gasteiger partial charge on any atom is 0.246 e. The number of carbonyl (C=O) groups is 2. The van der Waals surface area contributed by atoms with Gasteiger partial charge in [0.25, 0.3) is 0 Å². The first-order valence-electron chi connectivity index (χ1n) is 8.66. The Morgan fingerprint density at radius 1 is 1.25 bits per heavy atom. The van der Waals surface area contributed by atoms with E-state index in [0.717, 1.165) is 23.0 Å². The number of aromatic nitrogens is 1. The van der Waals surface area contributed by atoms with Gasteiger partial charge in [-0.1, -0.05) is 25.1 Å². The predicted octanol–water partition coefficient (Wildman–Crippen LogP) is 2.41. The van der Waals surface area contributed by atoms with E-state index in [9.17, 15) is 9.59 Å². The van der Waals surface area contributed by atoms with E-state index in [1.165, 1.54) is 5.56 Å². The molecule has 2 aromatic rings. The number of hydrogen-bond acceptors (Lipinski definition) is 2. The number of rotatable bonds is 2. The molecule has 5 nitrogen and oxygen atoms in total. The monoisotopic (exact) mass is 325 g/mol. The highest BCUT2D eigenvalue weighted by atomic mass is 16.2. The van der Waals surface area contributed by atoms with Crippen molar-refractivity contribution in [3.8, 4) is 0 Å². The van der Waals surface area contributed by atoms with Crippen LogP contribution in [0.5, 0.6) is 0 Å². The second-order valence-electron chi connectivity index (χ2n) is 7.33. The van der Waals surface area contributed by atoms with Crippen molar-refractivity contribution < 1.29 is 9.59 Å². The molecular weight excluding hydrogens is 302 g/mol. The molecule has 0 radical (unpaired) electrons. The molecule has 3 heterocycles. The summed E-state index contributed by atoms with van der Waals surface area (Å²) in [6.45, 7) is 6.95. The van der Waals surface area contributed by atoms with Crippen LogP contribution in [0.2, 0.25) is 0 Å². The molecule has 126 valence electrons. The third kappa shape index (κ3) is 1.93. The number of aromatic amines is 1. The van der Waals surface area contributed by atoms with Crippen molar-refractivity contribution >= 4 is 22.7 Å². The molecule has 0 spiro atoms. The number of H-pyrrole nitrogens is 1. The third-order valence-corrected chi connectivity index (χ3v) is 5.42. The minimum atomic E-state index is -0.512. The Kier molecular flexibility index (Phi) is 3.24. The maximum atomic E-state index is 13.0. The fraction of sp³-hybridized carbons (Fsp3) is 0.474. The Balaban J connectivity index is 1.86. The first-order chi connectivity index (χ1) is 11.4. The quantitative estimate of drug-likeness (QED) is 0.922. The lowest BCUT2D eigenvalue weighted by atomic mass is 9.82. The van der Waals surface area contributed by atoms with E-state index < -0.39 is 5.54 Å². The van der Waals surface area contributed by atoms with Gasteiger partial charge in [-0.3, -0.25) is 9.59 Å². The SMILES string of the molecule is CCCN1CC(=O)N2[C@@H](Cc3c([nH]c4ccccc34)C2(C)C)C1=O. The summed E-state index contributed by atoms with van der Waals surface area (Å²) in [7, 11) is 0. The van der Waals surface area contributed by atoms with Crippen LogP contribution in [0.15, 0.2) is 24.3 Å². The highest BCUT2D eigenvalue weighted by molar-refractivity contribution is 5.97. The van der Waals surface area contributed by atoms with E-state index in [0.29, 0.717) is 13.0 Å². The van der Waals surface area contributed by atoms with E-state index >= 15 is 0 Å². The number of hydrogen-bond donors (Lipinski definition) is 1. The Labute approximate surface area is 141 Å². The standard InChI is InChI=1S/C19H23N3O2/c1-4-9-21-11-16(23)22-15(18(21)24)10-13-12-7-5-6-8-14(12)20-17(13)19(22,2)3/h5-8,15,20H,4,9-11H2,1-3H3/t15-/m0/s1. The van der Waals surface area contributed by atoms with Crippen molar-refractivity contribution in [3.63, 3.8) is 0 Å². The predicted molar refractivity (Wildman–Crippen MR) is 92.5 cm³/mol. The lowest BCUT2D eigenvalue weighted by Gasteiger charge is -2.51. The molecule has 0 aliphatic carbocycles. The van der Waals surface area contributed by atoms with Gasteiger partial charge in [-0.05, 0) is 31.9 Å². The number of benzene rings is 1. The summed E-state index contributed by atoms with van der Waals surface area (Å²) in [6, 6.07) is 7.78. The second kappa shape index (κ2) is 5.10. The van der Waals surface area contributed by atoms with Crippen LogP contribution in [-0.2, 0) is 21.5 Å². The largest absolute Gasteiger partial charge is 0.356 e. The number of piperazine rings is 1. The van der Waals surface area contributed by atoms with E-state index in [4.69, 9.17) is 0 Å². The van der Waals surface area contributed by atoms with Crippen LogP contribution >= 0.6 is 0 Å². The fourth-order valence-electron chi connectivity index (χ4n) is 4.40. The van der Waals surface area contributed by atoms with Gasteiger partial charge in [0.05, 0.1) is 12.1 Å². The summed E-state index contributed by atoms with van der Waals surface area (Å²) in [5, 5.41) is 1.16. The Morgan fingerprint density at radius 2 is 2.00 bits per heavy atom. The van der Waals surface area contributed by atoms with Gasteiger partial charge in [0.15, 0.2) is 0 Å². The molecule has 1 atom stereocenters. The van der Waals surface area contributed by atoms with Gasteiger partial charge in [0, 0.05) is 29.6 Å². The molecule has 24 heavy (non-hydrogen) atoms. The summed E-state index contributed by atoms with van der Waals surface area (Å²) >= 11 is 0. The van der Waals surface area contributed by atoms with E-state index in [2.05, 4.69) is 17.1 Å². The zero-order valence-corrected chi connectivity index (χ0v) is 14.4. The summed E-state index contributed by atoms with van der Waals surface area (Å²) in [6.07, 6.45) is 1.46. The second-order valence-corrected chi connectivity index (χ2v) is 7.33. The molecule has 1 aromatic heterocycles. The molecule has 1 N–H and O–H groups in total. The van der Waals surface area contributed by atoms with Gasteiger partial charge in [-0.25, -0.2) is 0 Å². The van der Waals surface area contributed by atoms with Crippen molar-refractivity contribution in [3.05, 3.63) is 35.5 Å². The highest BCUT2D eigenvalue weighted by Gasteiger charge is 2.51. The molecule has 5 heteroatoms. The van der Waals surface area contributed by atoms with Gasteiger partial charge >= 0.3 is 0 Å². The van der Waals surface area contributed by atoms with Crippen LogP contribution in [-0.4, -0.2) is 45.7 Å². The Morgan fingerprint density at radius 3 is 2.75 bits per heavy atom. The lowest BCUT2D eigenvalue weighted by Crippen LogP contribution is -2.67. The first-order valence-corrected chi connectivity index (χ1v) is 8.66. The molecular formula is C19H23N3O2. The number of carbonyl (C=O) groups excluding carboxylic acids is 2. The van der Waals surface area contributed by atoms with E-state index in [1.54, 1.807) is 9.80 Å². The van der Waals surface area contributed by atoms with Gasteiger partial charge in [-0.15, -0.1) is 0 Å². The zero-order chi connectivity index (χ0) is 17.1. The first kappa shape index (κ1) is 15.2. The highest BCUT2D eigenvalue weighted by Crippen LogP contribution is 2.42.